The van der Waals surface area contributed by atoms with Gasteiger partial charge in [-0.3, -0.25) is 9.59 Å². The fourth-order valence-corrected chi connectivity index (χ4v) is 1.41. The molecule has 0 aromatic carbocycles. The molecule has 1 heterocycles. The second kappa shape index (κ2) is 6.72. The molecule has 104 valence electrons. The lowest BCUT2D eigenvalue weighted by Gasteiger charge is -2.16. The lowest BCUT2D eigenvalue weighted by molar-refractivity contribution is -0.157. The van der Waals surface area contributed by atoms with E-state index >= 15 is 0 Å². The molecular formula is C13H17NO5. The molecule has 2 unspecified atom stereocenters. The number of carboxylic acids is 1. The number of carboxylic acid groups (broad SMARTS) is 1. The van der Waals surface area contributed by atoms with E-state index in [0.29, 0.717) is 12.3 Å². The van der Waals surface area contributed by atoms with Crippen molar-refractivity contribution in [2.75, 3.05) is 7.11 Å². The first-order valence-electron chi connectivity index (χ1n) is 5.92. The van der Waals surface area contributed by atoms with Crippen LogP contribution in [0.15, 0.2) is 18.3 Å². The Kier molecular flexibility index (Phi) is 5.29. The van der Waals surface area contributed by atoms with E-state index in [4.69, 9.17) is 14.6 Å². The maximum absolute atomic E-state index is 11.8. The molecule has 0 fully saturated rings. The number of hydrogen-bond acceptors (Lipinski definition) is 5. The van der Waals surface area contributed by atoms with Gasteiger partial charge in [-0.15, -0.1) is 0 Å². The van der Waals surface area contributed by atoms with E-state index in [9.17, 15) is 9.59 Å². The van der Waals surface area contributed by atoms with Gasteiger partial charge in [-0.05, 0) is 18.9 Å². The van der Waals surface area contributed by atoms with Gasteiger partial charge in [0.25, 0.3) is 0 Å². The number of carbonyl (C=O) groups excluding carboxylic acids is 1. The Bertz CT molecular complexity index is 443. The molecule has 0 amide bonds. The van der Waals surface area contributed by atoms with Crippen molar-refractivity contribution in [3.63, 3.8) is 0 Å². The Labute approximate surface area is 111 Å². The highest BCUT2D eigenvalue weighted by molar-refractivity contribution is 5.99. The zero-order valence-electron chi connectivity index (χ0n) is 11.1. The number of hydrogen-bond donors (Lipinski definition) is 1. The summed E-state index contributed by atoms with van der Waals surface area (Å²) in [4.78, 5) is 26.9. The van der Waals surface area contributed by atoms with Crippen molar-refractivity contribution < 1.29 is 24.2 Å². The van der Waals surface area contributed by atoms with Gasteiger partial charge >= 0.3 is 11.9 Å². The number of aromatic nitrogens is 1. The largest absolute Gasteiger partial charge is 0.481 e. The summed E-state index contributed by atoms with van der Waals surface area (Å²) < 4.78 is 9.93. The van der Waals surface area contributed by atoms with Crippen LogP contribution in [-0.4, -0.2) is 35.2 Å². The van der Waals surface area contributed by atoms with Crippen molar-refractivity contribution in [3.05, 3.63) is 23.9 Å². The molecule has 1 N–H and O–H groups in total. The maximum atomic E-state index is 11.8. The SMILES string of the molecule is CCC(C)OC(=O)C(C(=O)O)c1ccc(OC)nc1. The lowest BCUT2D eigenvalue weighted by atomic mass is 10.0. The minimum atomic E-state index is -1.37. The van der Waals surface area contributed by atoms with Crippen LogP contribution in [-0.2, 0) is 14.3 Å². The second-order valence-corrected chi connectivity index (χ2v) is 4.06. The molecule has 19 heavy (non-hydrogen) atoms. The van der Waals surface area contributed by atoms with Crippen molar-refractivity contribution >= 4 is 11.9 Å². The normalized spacial score (nSPS) is 13.4. The van der Waals surface area contributed by atoms with Gasteiger partial charge in [0.2, 0.25) is 5.88 Å². The molecule has 1 aromatic heterocycles. The number of ether oxygens (including phenoxy) is 2. The average Bonchev–Trinajstić information content (AvgIpc) is 2.39. The average molecular weight is 267 g/mol. The van der Waals surface area contributed by atoms with Crippen LogP contribution in [0.1, 0.15) is 31.7 Å². The van der Waals surface area contributed by atoms with Crippen LogP contribution in [0, 0.1) is 0 Å². The molecule has 6 heteroatoms. The third kappa shape index (κ3) is 3.94. The van der Waals surface area contributed by atoms with Crippen LogP contribution in [0.3, 0.4) is 0 Å². The van der Waals surface area contributed by atoms with Gasteiger partial charge in [0.05, 0.1) is 13.2 Å². The smallest absolute Gasteiger partial charge is 0.325 e. The van der Waals surface area contributed by atoms with Crippen LogP contribution in [0.5, 0.6) is 5.88 Å². The minimum absolute atomic E-state index is 0.265. The Morgan fingerprint density at radius 2 is 2.11 bits per heavy atom. The van der Waals surface area contributed by atoms with Crippen molar-refractivity contribution in [2.24, 2.45) is 0 Å². The number of nitrogens with zero attached hydrogens (tertiary/aromatic N) is 1. The van der Waals surface area contributed by atoms with Crippen LogP contribution < -0.4 is 4.74 Å². The lowest BCUT2D eigenvalue weighted by Crippen LogP contribution is -2.26. The number of methoxy groups -OCH3 is 1. The summed E-state index contributed by atoms with van der Waals surface area (Å²) in [5, 5.41) is 9.15. The fourth-order valence-electron chi connectivity index (χ4n) is 1.41. The predicted molar refractivity (Wildman–Crippen MR) is 67.0 cm³/mol. The first kappa shape index (κ1) is 14.9. The van der Waals surface area contributed by atoms with Gasteiger partial charge in [0, 0.05) is 12.3 Å². The number of aliphatic carboxylic acids is 1. The highest BCUT2D eigenvalue weighted by Crippen LogP contribution is 2.20. The zero-order valence-corrected chi connectivity index (χ0v) is 11.1. The summed E-state index contributed by atoms with van der Waals surface area (Å²) in [6, 6.07) is 2.99. The molecule has 0 saturated heterocycles. The number of carbonyl (C=O) groups is 2. The molecule has 2 atom stereocenters. The van der Waals surface area contributed by atoms with Gasteiger partial charge in [-0.2, -0.15) is 0 Å². The first-order chi connectivity index (χ1) is 8.99. The zero-order chi connectivity index (χ0) is 14.4. The minimum Gasteiger partial charge on any atom is -0.481 e. The van der Waals surface area contributed by atoms with Crippen LogP contribution in [0.2, 0.25) is 0 Å². The molecule has 0 aliphatic heterocycles. The van der Waals surface area contributed by atoms with E-state index in [-0.39, 0.29) is 11.7 Å². The highest BCUT2D eigenvalue weighted by Gasteiger charge is 2.31. The molecule has 1 rings (SSSR count). The predicted octanol–water partition coefficient (Wildman–Crippen LogP) is 1.60. The summed E-state index contributed by atoms with van der Waals surface area (Å²) in [6.45, 7) is 3.56. The van der Waals surface area contributed by atoms with Crippen molar-refractivity contribution in [2.45, 2.75) is 32.3 Å². The maximum Gasteiger partial charge on any atom is 0.325 e. The van der Waals surface area contributed by atoms with E-state index in [1.165, 1.54) is 25.4 Å². The van der Waals surface area contributed by atoms with Gasteiger partial charge in [0.15, 0.2) is 5.92 Å². The number of esters is 1. The quantitative estimate of drug-likeness (QED) is 0.622. The van der Waals surface area contributed by atoms with Crippen molar-refractivity contribution in [1.29, 1.82) is 0 Å². The molecule has 6 nitrogen and oxygen atoms in total. The Balaban J connectivity index is 2.93. The monoisotopic (exact) mass is 267 g/mol. The summed E-state index contributed by atoms with van der Waals surface area (Å²) >= 11 is 0. The van der Waals surface area contributed by atoms with Gasteiger partial charge in [-0.25, -0.2) is 4.98 Å². The fraction of sp³-hybridized carbons (Fsp3) is 0.462. The van der Waals surface area contributed by atoms with E-state index in [1.54, 1.807) is 6.92 Å². The molecule has 0 aliphatic rings. The third-order valence-electron chi connectivity index (χ3n) is 2.68. The Morgan fingerprint density at radius 1 is 1.42 bits per heavy atom. The van der Waals surface area contributed by atoms with E-state index in [1.807, 2.05) is 6.92 Å². The summed E-state index contributed by atoms with van der Waals surface area (Å²) in [7, 11) is 1.45. The molecule has 1 aromatic rings. The Morgan fingerprint density at radius 3 is 2.53 bits per heavy atom. The molecule has 0 spiro atoms. The van der Waals surface area contributed by atoms with E-state index < -0.39 is 17.9 Å². The van der Waals surface area contributed by atoms with Crippen molar-refractivity contribution in [3.8, 4) is 5.88 Å². The number of pyridine rings is 1. The summed E-state index contributed by atoms with van der Waals surface area (Å²) in [6.07, 6.45) is 1.61. The third-order valence-corrected chi connectivity index (χ3v) is 2.68. The van der Waals surface area contributed by atoms with Crippen LogP contribution in [0.25, 0.3) is 0 Å². The topological polar surface area (TPSA) is 85.7 Å². The van der Waals surface area contributed by atoms with Gasteiger partial charge in [0.1, 0.15) is 0 Å². The standard InChI is InChI=1S/C13H17NO5/c1-4-8(2)19-13(17)11(12(15)16)9-5-6-10(18-3)14-7-9/h5-8,11H,4H2,1-3H3,(H,15,16). The second-order valence-electron chi connectivity index (χ2n) is 4.06. The highest BCUT2D eigenvalue weighted by atomic mass is 16.5. The molecule has 0 saturated carbocycles. The molecule has 0 aliphatic carbocycles. The van der Waals surface area contributed by atoms with Gasteiger partial charge in [-0.1, -0.05) is 13.0 Å². The van der Waals surface area contributed by atoms with Crippen molar-refractivity contribution in [1.82, 2.24) is 4.98 Å². The summed E-state index contributed by atoms with van der Waals surface area (Å²) in [5.74, 6) is -3.07. The van der Waals surface area contributed by atoms with Crippen LogP contribution in [0.4, 0.5) is 0 Å². The van der Waals surface area contributed by atoms with E-state index in [0.717, 1.165) is 0 Å². The molecule has 0 radical (unpaired) electrons. The molecule has 0 bridgehead atoms. The van der Waals surface area contributed by atoms with E-state index in [2.05, 4.69) is 4.98 Å². The first-order valence-corrected chi connectivity index (χ1v) is 5.92. The Hall–Kier alpha value is -2.11. The van der Waals surface area contributed by atoms with Gasteiger partial charge < -0.3 is 14.6 Å². The summed E-state index contributed by atoms with van der Waals surface area (Å²) in [5.41, 5.74) is 0.265. The van der Waals surface area contributed by atoms with Crippen LogP contribution >= 0.6 is 0 Å². The number of rotatable bonds is 6. The molecular weight excluding hydrogens is 250 g/mol.